The summed E-state index contributed by atoms with van der Waals surface area (Å²) >= 11 is 0. The number of ether oxygens (including phenoxy) is 3. The molecular weight excluding hydrogens is 418 g/mol. The smallest absolute Gasteiger partial charge is 0.346 e. The summed E-state index contributed by atoms with van der Waals surface area (Å²) in [5, 5.41) is 0. The third-order valence-electron chi connectivity index (χ3n) is 5.68. The molecule has 6 heteroatoms. The molecule has 2 atom stereocenters. The van der Waals surface area contributed by atoms with Crippen molar-refractivity contribution < 1.29 is 23.8 Å². The van der Waals surface area contributed by atoms with Crippen molar-refractivity contribution in [3.05, 3.63) is 108 Å². The summed E-state index contributed by atoms with van der Waals surface area (Å²) in [4.78, 5) is 28.5. The lowest BCUT2D eigenvalue weighted by Crippen LogP contribution is -2.63. The molecule has 0 N–H and O–H groups in total. The quantitative estimate of drug-likeness (QED) is 0.416. The molecule has 0 aliphatic carbocycles. The molecule has 1 saturated heterocycles. The third-order valence-corrected chi connectivity index (χ3v) is 5.68. The Bertz CT molecular complexity index is 1100. The van der Waals surface area contributed by atoms with Gasteiger partial charge < -0.3 is 19.1 Å². The summed E-state index contributed by atoms with van der Waals surface area (Å²) < 4.78 is 16.8. The van der Waals surface area contributed by atoms with Gasteiger partial charge >= 0.3 is 11.9 Å². The van der Waals surface area contributed by atoms with Crippen molar-refractivity contribution in [2.75, 3.05) is 19.1 Å². The molecule has 2 unspecified atom stereocenters. The number of benzene rings is 3. The van der Waals surface area contributed by atoms with E-state index in [1.165, 1.54) is 14.2 Å². The van der Waals surface area contributed by atoms with Gasteiger partial charge in [-0.15, -0.1) is 0 Å². The Hall–Kier alpha value is -3.90. The van der Waals surface area contributed by atoms with E-state index in [-0.39, 0.29) is 0 Å². The number of para-hydroxylation sites is 1. The van der Waals surface area contributed by atoms with Crippen molar-refractivity contribution in [3.63, 3.8) is 0 Å². The van der Waals surface area contributed by atoms with Gasteiger partial charge in [-0.05, 0) is 17.7 Å². The van der Waals surface area contributed by atoms with Gasteiger partial charge in [-0.1, -0.05) is 91.0 Å². The van der Waals surface area contributed by atoms with Gasteiger partial charge in [0.05, 0.1) is 14.2 Å². The second-order valence-electron chi connectivity index (χ2n) is 7.54. The van der Waals surface area contributed by atoms with E-state index in [2.05, 4.69) is 0 Å². The fourth-order valence-corrected chi connectivity index (χ4v) is 4.16. The number of carbonyl (C=O) groups is 2. The topological polar surface area (TPSA) is 65.1 Å². The SMILES string of the molecule is COC(=O)C1(C(=O)OC)C(/C=C/c2ccccc2)OC(c2ccccc2)N1c1ccccc1. The highest BCUT2D eigenvalue weighted by Crippen LogP contribution is 2.46. The average Bonchev–Trinajstić information content (AvgIpc) is 3.24. The highest BCUT2D eigenvalue weighted by molar-refractivity contribution is 6.10. The molecule has 0 spiro atoms. The summed E-state index contributed by atoms with van der Waals surface area (Å²) in [6.45, 7) is 0. The first kappa shape index (κ1) is 22.3. The van der Waals surface area contributed by atoms with Crippen molar-refractivity contribution in [2.24, 2.45) is 0 Å². The van der Waals surface area contributed by atoms with Crippen LogP contribution in [-0.4, -0.2) is 37.8 Å². The van der Waals surface area contributed by atoms with E-state index in [0.717, 1.165) is 11.1 Å². The summed E-state index contributed by atoms with van der Waals surface area (Å²) in [6, 6.07) is 28.2. The summed E-state index contributed by atoms with van der Waals surface area (Å²) in [6.07, 6.45) is 1.81. The molecule has 0 radical (unpaired) electrons. The normalized spacial score (nSPS) is 19.4. The zero-order chi connectivity index (χ0) is 23.3. The maximum Gasteiger partial charge on any atom is 0.346 e. The third kappa shape index (κ3) is 4.01. The Morgan fingerprint density at radius 1 is 0.818 bits per heavy atom. The lowest BCUT2D eigenvalue weighted by molar-refractivity contribution is -0.162. The number of rotatable bonds is 6. The van der Waals surface area contributed by atoms with Crippen LogP contribution in [0, 0.1) is 0 Å². The first-order valence-corrected chi connectivity index (χ1v) is 10.6. The van der Waals surface area contributed by atoms with Crippen molar-refractivity contribution in [1.29, 1.82) is 0 Å². The van der Waals surface area contributed by atoms with Crippen LogP contribution >= 0.6 is 0 Å². The van der Waals surface area contributed by atoms with Crippen molar-refractivity contribution in [3.8, 4) is 0 Å². The van der Waals surface area contributed by atoms with Gasteiger partial charge in [-0.25, -0.2) is 9.59 Å². The number of anilines is 1. The number of nitrogens with zero attached hydrogens (tertiary/aromatic N) is 1. The highest BCUT2D eigenvalue weighted by atomic mass is 16.6. The molecule has 1 heterocycles. The fourth-order valence-electron chi connectivity index (χ4n) is 4.16. The fraction of sp³-hybridized carbons (Fsp3) is 0.185. The van der Waals surface area contributed by atoms with Gasteiger partial charge in [0, 0.05) is 11.3 Å². The molecule has 0 saturated carbocycles. The molecule has 3 aromatic carbocycles. The molecular formula is C27H25NO5. The van der Waals surface area contributed by atoms with E-state index in [9.17, 15) is 9.59 Å². The predicted octanol–water partition coefficient (Wildman–Crippen LogP) is 4.39. The van der Waals surface area contributed by atoms with Gasteiger partial charge in [-0.2, -0.15) is 0 Å². The Kier molecular flexibility index (Phi) is 6.56. The molecule has 1 aliphatic heterocycles. The van der Waals surface area contributed by atoms with Crippen molar-refractivity contribution in [1.82, 2.24) is 0 Å². The largest absolute Gasteiger partial charge is 0.467 e. The first-order valence-electron chi connectivity index (χ1n) is 10.6. The molecule has 1 aliphatic rings. The van der Waals surface area contributed by atoms with Gasteiger partial charge in [0.15, 0.2) is 6.23 Å². The van der Waals surface area contributed by atoms with Gasteiger partial charge in [-0.3, -0.25) is 0 Å². The molecule has 3 aromatic rings. The zero-order valence-electron chi connectivity index (χ0n) is 18.5. The van der Waals surface area contributed by atoms with Gasteiger partial charge in [0.2, 0.25) is 0 Å². The minimum absolute atomic E-state index is 0.623. The molecule has 6 nitrogen and oxygen atoms in total. The summed E-state index contributed by atoms with van der Waals surface area (Å²) in [5.74, 6) is -1.53. The minimum Gasteiger partial charge on any atom is -0.467 e. The van der Waals surface area contributed by atoms with E-state index < -0.39 is 29.8 Å². The van der Waals surface area contributed by atoms with E-state index >= 15 is 0 Å². The van der Waals surface area contributed by atoms with Crippen LogP contribution in [0.1, 0.15) is 17.4 Å². The first-order chi connectivity index (χ1) is 16.1. The van der Waals surface area contributed by atoms with Crippen LogP contribution in [-0.2, 0) is 23.8 Å². The van der Waals surface area contributed by atoms with E-state index in [0.29, 0.717) is 5.69 Å². The second-order valence-corrected chi connectivity index (χ2v) is 7.54. The average molecular weight is 443 g/mol. The Morgan fingerprint density at radius 2 is 1.33 bits per heavy atom. The molecule has 4 rings (SSSR count). The standard InChI is InChI=1S/C27H25NO5/c1-31-25(29)27(26(30)32-2)23(19-18-20-12-6-3-7-13-20)33-24(21-14-8-4-9-15-21)28(27)22-16-10-5-11-17-22/h3-19,23-24H,1-2H3/b19-18+. The molecule has 33 heavy (non-hydrogen) atoms. The Labute approximate surface area is 193 Å². The van der Waals surface area contributed by atoms with Crippen LogP contribution in [0.4, 0.5) is 5.69 Å². The number of esters is 2. The second kappa shape index (κ2) is 9.71. The van der Waals surface area contributed by atoms with E-state index in [1.807, 2.05) is 97.1 Å². The summed E-state index contributed by atoms with van der Waals surface area (Å²) in [7, 11) is 2.51. The van der Waals surface area contributed by atoms with Crippen LogP contribution in [0.5, 0.6) is 0 Å². The van der Waals surface area contributed by atoms with Gasteiger partial charge in [0.25, 0.3) is 5.54 Å². The van der Waals surface area contributed by atoms with E-state index in [4.69, 9.17) is 14.2 Å². The monoisotopic (exact) mass is 443 g/mol. The molecule has 0 amide bonds. The predicted molar refractivity (Wildman–Crippen MR) is 125 cm³/mol. The molecule has 0 bridgehead atoms. The zero-order valence-corrected chi connectivity index (χ0v) is 18.5. The van der Waals surface area contributed by atoms with Crippen molar-refractivity contribution in [2.45, 2.75) is 17.9 Å². The highest BCUT2D eigenvalue weighted by Gasteiger charge is 2.66. The van der Waals surface area contributed by atoms with E-state index in [1.54, 1.807) is 11.0 Å². The van der Waals surface area contributed by atoms with Gasteiger partial charge in [0.1, 0.15) is 6.10 Å². The molecule has 0 aromatic heterocycles. The van der Waals surface area contributed by atoms with Crippen molar-refractivity contribution >= 4 is 23.7 Å². The number of hydrogen-bond donors (Lipinski definition) is 0. The lowest BCUT2D eigenvalue weighted by atomic mass is 9.89. The number of hydrogen-bond acceptors (Lipinski definition) is 6. The minimum atomic E-state index is -1.89. The van der Waals surface area contributed by atoms with Crippen LogP contribution in [0.15, 0.2) is 97.1 Å². The maximum atomic E-state index is 13.4. The van der Waals surface area contributed by atoms with Crippen LogP contribution in [0.3, 0.4) is 0 Å². The lowest BCUT2D eigenvalue weighted by Gasteiger charge is -2.37. The van der Waals surface area contributed by atoms with Crippen LogP contribution < -0.4 is 4.90 Å². The Balaban J connectivity index is 1.93. The molecule has 168 valence electrons. The number of carbonyl (C=O) groups excluding carboxylic acids is 2. The summed E-state index contributed by atoms with van der Waals surface area (Å²) in [5.41, 5.74) is 0.419. The number of methoxy groups -OCH3 is 2. The van der Waals surface area contributed by atoms with Crippen LogP contribution in [0.2, 0.25) is 0 Å². The maximum absolute atomic E-state index is 13.4. The molecule has 1 fully saturated rings. The Morgan fingerprint density at radius 3 is 1.88 bits per heavy atom. The van der Waals surface area contributed by atoms with Crippen LogP contribution in [0.25, 0.3) is 6.08 Å².